The molecule has 0 saturated heterocycles. The Morgan fingerprint density at radius 1 is 1.38 bits per heavy atom. The zero-order chi connectivity index (χ0) is 11.8. The Bertz CT molecular complexity index is 353. The van der Waals surface area contributed by atoms with E-state index in [-0.39, 0.29) is 23.8 Å². The maximum absolute atomic E-state index is 11.2. The predicted octanol–water partition coefficient (Wildman–Crippen LogP) is 0.479. The van der Waals surface area contributed by atoms with Crippen LogP contribution in [0, 0.1) is 4.91 Å². The Morgan fingerprint density at radius 2 is 2.06 bits per heavy atom. The highest BCUT2D eigenvalue weighted by atomic mass is 16.7. The van der Waals surface area contributed by atoms with Gasteiger partial charge in [0.2, 0.25) is 5.78 Å². The number of nitrogens with zero attached hydrogens (tertiary/aromatic N) is 1. The van der Waals surface area contributed by atoms with Crippen LogP contribution in [-0.2, 0) is 9.63 Å². The Hall–Kier alpha value is -1.95. The van der Waals surface area contributed by atoms with Crippen LogP contribution in [0.4, 0.5) is 0 Å². The summed E-state index contributed by atoms with van der Waals surface area (Å²) >= 11 is 0. The number of nitrogens with one attached hydrogen (secondary N) is 1. The zero-order valence-electron chi connectivity index (χ0n) is 8.88. The minimum Gasteiger partial charge on any atom is -0.486 e. The van der Waals surface area contributed by atoms with Crippen LogP contribution in [0.5, 0.6) is 5.75 Å². The van der Waals surface area contributed by atoms with E-state index >= 15 is 0 Å². The van der Waals surface area contributed by atoms with Crippen LogP contribution in [-0.4, -0.2) is 30.9 Å². The quantitative estimate of drug-likeness (QED) is 0.540. The van der Waals surface area contributed by atoms with Gasteiger partial charge < -0.3 is 4.74 Å². The first-order valence-electron chi connectivity index (χ1n) is 4.65. The summed E-state index contributed by atoms with van der Waals surface area (Å²) in [5.41, 5.74) is 1.98. The molecule has 86 valence electrons. The van der Waals surface area contributed by atoms with Crippen molar-refractivity contribution in [3.05, 3.63) is 35.2 Å². The Kier molecular flexibility index (Phi) is 4.94. The van der Waals surface area contributed by atoms with Gasteiger partial charge in [-0.2, -0.15) is 0 Å². The largest absolute Gasteiger partial charge is 0.486 e. The van der Waals surface area contributed by atoms with Gasteiger partial charge in [0, 0.05) is 0 Å². The van der Waals surface area contributed by atoms with Crippen molar-refractivity contribution < 1.29 is 19.2 Å². The first-order chi connectivity index (χ1) is 7.72. The standard InChI is InChI=1S/C10H13N2O4/c1-15-11-12(14)7-9(13)8-16-10-5-3-2-4-6-10/h2-6H,7-8H2,1H3,(H,11,14)/q+1. The van der Waals surface area contributed by atoms with E-state index in [0.29, 0.717) is 5.75 Å². The molecular formula is C10H13N2O4+. The van der Waals surface area contributed by atoms with Gasteiger partial charge in [0.25, 0.3) is 6.54 Å². The van der Waals surface area contributed by atoms with Crippen LogP contribution < -0.4 is 10.3 Å². The van der Waals surface area contributed by atoms with Crippen molar-refractivity contribution in [1.29, 1.82) is 0 Å². The fourth-order valence-corrected chi connectivity index (χ4v) is 1.02. The fraction of sp³-hybridized carbons (Fsp3) is 0.300. The molecule has 6 nitrogen and oxygen atoms in total. The molecule has 1 aromatic carbocycles. The van der Waals surface area contributed by atoms with Gasteiger partial charge in [-0.15, -0.1) is 0 Å². The average Bonchev–Trinajstić information content (AvgIpc) is 2.28. The topological polar surface area (TPSA) is 67.6 Å². The molecule has 1 rings (SSSR count). The van der Waals surface area contributed by atoms with E-state index in [1.807, 2.05) is 11.7 Å². The normalized spacial score (nSPS) is 9.56. The molecule has 0 bridgehead atoms. The summed E-state index contributed by atoms with van der Waals surface area (Å²) in [7, 11) is 1.29. The summed E-state index contributed by atoms with van der Waals surface area (Å²) in [6.07, 6.45) is 0. The van der Waals surface area contributed by atoms with Crippen LogP contribution in [0.2, 0.25) is 0 Å². The molecule has 16 heavy (non-hydrogen) atoms. The SMILES string of the molecule is CON[N+](=O)CC(=O)COc1ccccc1. The number of hydrazine groups is 1. The van der Waals surface area contributed by atoms with E-state index in [1.54, 1.807) is 24.3 Å². The number of carbonyl (C=O) groups is 1. The van der Waals surface area contributed by atoms with E-state index < -0.39 is 0 Å². The number of para-hydroxylation sites is 1. The van der Waals surface area contributed by atoms with Crippen LogP contribution in [0.1, 0.15) is 0 Å². The third kappa shape index (κ3) is 4.52. The number of Topliss-reactive ketones (excluding diaryl/α,β-unsaturated/α-hetero) is 1. The molecule has 0 saturated carbocycles. The number of benzene rings is 1. The molecule has 0 radical (unpaired) electrons. The monoisotopic (exact) mass is 225 g/mol. The van der Waals surface area contributed by atoms with Gasteiger partial charge in [-0.1, -0.05) is 18.2 Å². The number of carbonyl (C=O) groups excluding carboxylic acids is 1. The average molecular weight is 225 g/mol. The molecule has 0 aliphatic rings. The third-order valence-corrected chi connectivity index (χ3v) is 1.66. The summed E-state index contributed by atoms with van der Waals surface area (Å²) in [5, 5.41) is 0. The maximum Gasteiger partial charge on any atom is 0.288 e. The molecular weight excluding hydrogens is 212 g/mol. The van der Waals surface area contributed by atoms with Crippen molar-refractivity contribution in [2.75, 3.05) is 20.3 Å². The van der Waals surface area contributed by atoms with E-state index in [9.17, 15) is 9.70 Å². The van der Waals surface area contributed by atoms with E-state index in [0.717, 1.165) is 0 Å². The van der Waals surface area contributed by atoms with Crippen LogP contribution in [0.3, 0.4) is 0 Å². The third-order valence-electron chi connectivity index (χ3n) is 1.66. The molecule has 0 aliphatic heterocycles. The zero-order valence-corrected chi connectivity index (χ0v) is 8.88. The number of nitroso groups, excluding NO2 is 1. The second kappa shape index (κ2) is 6.52. The molecule has 0 amide bonds. The van der Waals surface area contributed by atoms with Crippen molar-refractivity contribution >= 4 is 5.78 Å². The number of ketones is 1. The molecule has 0 unspecified atom stereocenters. The molecule has 0 aliphatic carbocycles. The Balaban J connectivity index is 2.28. The van der Waals surface area contributed by atoms with Gasteiger partial charge in [-0.3, -0.25) is 4.79 Å². The lowest BCUT2D eigenvalue weighted by atomic mass is 10.3. The lowest BCUT2D eigenvalue weighted by Crippen LogP contribution is -2.32. The van der Waals surface area contributed by atoms with E-state index in [4.69, 9.17) is 4.74 Å². The molecule has 1 N–H and O–H groups in total. The van der Waals surface area contributed by atoms with Crippen molar-refractivity contribution in [2.45, 2.75) is 0 Å². The summed E-state index contributed by atoms with van der Waals surface area (Å²) in [5.74, 6) is 0.247. The maximum atomic E-state index is 11.2. The highest BCUT2D eigenvalue weighted by Gasteiger charge is 2.15. The van der Waals surface area contributed by atoms with Gasteiger partial charge in [-0.25, -0.2) is 4.84 Å². The van der Waals surface area contributed by atoms with Gasteiger partial charge in [-0.05, 0) is 17.7 Å². The minimum absolute atomic E-state index is 0.145. The fourth-order valence-electron chi connectivity index (χ4n) is 1.02. The summed E-state index contributed by atoms with van der Waals surface area (Å²) in [6, 6.07) is 8.90. The summed E-state index contributed by atoms with van der Waals surface area (Å²) in [6.45, 7) is -0.477. The molecule has 1 aromatic rings. The number of hydrogen-bond acceptors (Lipinski definition) is 4. The van der Waals surface area contributed by atoms with E-state index in [2.05, 4.69) is 4.84 Å². The lowest BCUT2D eigenvalue weighted by molar-refractivity contribution is -0.648. The second-order valence-electron chi connectivity index (χ2n) is 2.97. The van der Waals surface area contributed by atoms with Crippen molar-refractivity contribution in [2.24, 2.45) is 0 Å². The van der Waals surface area contributed by atoms with Gasteiger partial charge in [0.15, 0.2) is 6.61 Å². The Labute approximate surface area is 92.7 Å². The first kappa shape index (κ1) is 12.1. The van der Waals surface area contributed by atoms with E-state index in [1.165, 1.54) is 7.11 Å². The van der Waals surface area contributed by atoms with Gasteiger partial charge >= 0.3 is 0 Å². The smallest absolute Gasteiger partial charge is 0.288 e. The highest BCUT2D eigenvalue weighted by Crippen LogP contribution is 2.07. The second-order valence-corrected chi connectivity index (χ2v) is 2.97. The number of hydrogen-bond donors (Lipinski definition) is 1. The van der Waals surface area contributed by atoms with Gasteiger partial charge in [0.1, 0.15) is 10.6 Å². The van der Waals surface area contributed by atoms with Crippen molar-refractivity contribution in [3.8, 4) is 5.75 Å². The predicted molar refractivity (Wildman–Crippen MR) is 55.6 cm³/mol. The highest BCUT2D eigenvalue weighted by molar-refractivity contribution is 5.80. The lowest BCUT2D eigenvalue weighted by Gasteiger charge is -2.02. The molecule has 0 aromatic heterocycles. The number of ether oxygens (including phenoxy) is 1. The molecule has 0 fully saturated rings. The molecule has 6 heteroatoms. The van der Waals surface area contributed by atoms with Crippen LogP contribution in [0.15, 0.2) is 30.3 Å². The van der Waals surface area contributed by atoms with Crippen molar-refractivity contribution in [3.63, 3.8) is 0 Å². The Morgan fingerprint density at radius 3 is 2.69 bits per heavy atom. The van der Waals surface area contributed by atoms with Gasteiger partial charge in [0.05, 0.1) is 12.0 Å². The molecule has 0 atom stereocenters. The summed E-state index contributed by atoms with van der Waals surface area (Å²) in [4.78, 5) is 26.7. The molecule has 0 heterocycles. The van der Waals surface area contributed by atoms with Crippen LogP contribution in [0.25, 0.3) is 0 Å². The van der Waals surface area contributed by atoms with Crippen molar-refractivity contribution in [1.82, 2.24) is 5.59 Å². The van der Waals surface area contributed by atoms with Crippen LogP contribution >= 0.6 is 0 Å². The minimum atomic E-state index is -0.344. The molecule has 0 spiro atoms. The first-order valence-corrected chi connectivity index (χ1v) is 4.65. The summed E-state index contributed by atoms with van der Waals surface area (Å²) < 4.78 is 5.16. The number of rotatable bonds is 7.